The summed E-state index contributed by atoms with van der Waals surface area (Å²) in [7, 11) is 0. The van der Waals surface area contributed by atoms with E-state index in [0.29, 0.717) is 18.8 Å². The van der Waals surface area contributed by atoms with Crippen LogP contribution < -0.4 is 5.32 Å². The molecule has 0 fully saturated rings. The minimum Gasteiger partial charge on any atom is -0.369 e. The lowest BCUT2D eigenvalue weighted by Gasteiger charge is -2.18. The molecule has 1 N–H and O–H groups in total. The Hall–Kier alpha value is -1.36. The zero-order valence-electron chi connectivity index (χ0n) is 11.0. The Bertz CT molecular complexity index is 387. The van der Waals surface area contributed by atoms with Crippen molar-refractivity contribution in [3.8, 4) is 0 Å². The Morgan fingerprint density at radius 2 is 2.06 bits per heavy atom. The van der Waals surface area contributed by atoms with Crippen LogP contribution in [0.5, 0.6) is 0 Å². The van der Waals surface area contributed by atoms with Crippen molar-refractivity contribution in [3.63, 3.8) is 0 Å². The van der Waals surface area contributed by atoms with E-state index in [4.69, 9.17) is 11.6 Å². The average Bonchev–Trinajstić information content (AvgIpc) is 2.29. The van der Waals surface area contributed by atoms with Crippen molar-refractivity contribution in [1.82, 2.24) is 14.9 Å². The fourth-order valence-electron chi connectivity index (χ4n) is 1.65. The molecule has 6 heteroatoms. The molecular formula is C12H19ClN4O. The van der Waals surface area contributed by atoms with E-state index < -0.39 is 0 Å². The third kappa shape index (κ3) is 4.49. The molecule has 1 heterocycles. The van der Waals surface area contributed by atoms with Gasteiger partial charge >= 0.3 is 0 Å². The van der Waals surface area contributed by atoms with Gasteiger partial charge in [0.05, 0.1) is 0 Å². The molecule has 1 amide bonds. The molecule has 1 aromatic heterocycles. The van der Waals surface area contributed by atoms with Crippen molar-refractivity contribution in [2.45, 2.75) is 27.2 Å². The van der Waals surface area contributed by atoms with Gasteiger partial charge in [-0.05, 0) is 32.4 Å². The average molecular weight is 271 g/mol. The van der Waals surface area contributed by atoms with Crippen LogP contribution in [0.4, 0.5) is 5.82 Å². The number of nitrogens with one attached hydrogen (secondary N) is 1. The van der Waals surface area contributed by atoms with E-state index in [1.54, 1.807) is 11.0 Å². The van der Waals surface area contributed by atoms with Crippen molar-refractivity contribution < 1.29 is 4.79 Å². The Morgan fingerprint density at radius 1 is 1.39 bits per heavy atom. The van der Waals surface area contributed by atoms with Crippen molar-refractivity contribution in [1.29, 1.82) is 0 Å². The van der Waals surface area contributed by atoms with Crippen molar-refractivity contribution in [3.05, 3.63) is 17.0 Å². The molecule has 0 aliphatic heterocycles. The monoisotopic (exact) mass is 270 g/mol. The molecule has 5 nitrogen and oxygen atoms in total. The molecule has 18 heavy (non-hydrogen) atoms. The van der Waals surface area contributed by atoms with Crippen molar-refractivity contribution >= 4 is 23.3 Å². The number of nitrogens with zero attached hydrogens (tertiary/aromatic N) is 3. The molecule has 0 bridgehead atoms. The van der Waals surface area contributed by atoms with Crippen LogP contribution in [0.15, 0.2) is 6.07 Å². The van der Waals surface area contributed by atoms with Gasteiger partial charge in [-0.15, -0.1) is 0 Å². The zero-order chi connectivity index (χ0) is 13.5. The summed E-state index contributed by atoms with van der Waals surface area (Å²) in [5.74, 6) is 0.796. The number of amides is 1. The molecule has 1 aromatic rings. The number of aryl methyl sites for hydroxylation is 1. The smallest absolute Gasteiger partial charge is 0.224 e. The molecule has 0 spiro atoms. The molecule has 0 saturated heterocycles. The summed E-state index contributed by atoms with van der Waals surface area (Å²) in [5.41, 5.74) is 0.799. The first-order valence-corrected chi connectivity index (χ1v) is 6.47. The summed E-state index contributed by atoms with van der Waals surface area (Å²) in [6.45, 7) is 7.83. The first-order chi connectivity index (χ1) is 8.56. The molecule has 0 aliphatic rings. The minimum atomic E-state index is 0.143. The Kier molecular flexibility index (Phi) is 5.85. The van der Waals surface area contributed by atoms with Gasteiger partial charge in [0.1, 0.15) is 5.82 Å². The molecule has 0 aromatic carbocycles. The molecular weight excluding hydrogens is 252 g/mol. The Balaban J connectivity index is 2.44. The zero-order valence-corrected chi connectivity index (χ0v) is 11.8. The van der Waals surface area contributed by atoms with Gasteiger partial charge in [0, 0.05) is 37.8 Å². The van der Waals surface area contributed by atoms with E-state index in [1.165, 1.54) is 0 Å². The number of carbonyl (C=O) groups excluding carboxylic acids is 1. The van der Waals surface area contributed by atoms with Gasteiger partial charge in [0.25, 0.3) is 0 Å². The van der Waals surface area contributed by atoms with Crippen LogP contribution in [0.25, 0.3) is 0 Å². The minimum absolute atomic E-state index is 0.143. The second-order valence-corrected chi connectivity index (χ2v) is 4.24. The van der Waals surface area contributed by atoms with E-state index in [-0.39, 0.29) is 11.2 Å². The standard InChI is InChI=1S/C12H19ClN4O/c1-4-17(5-2)11(18)6-7-14-10-8-9(3)15-12(13)16-10/h8H,4-7H2,1-3H3,(H,14,15,16). The second kappa shape index (κ2) is 7.16. The highest BCUT2D eigenvalue weighted by molar-refractivity contribution is 6.28. The third-order valence-corrected chi connectivity index (χ3v) is 2.76. The van der Waals surface area contributed by atoms with Gasteiger partial charge in [-0.2, -0.15) is 0 Å². The second-order valence-electron chi connectivity index (χ2n) is 3.91. The van der Waals surface area contributed by atoms with Gasteiger partial charge in [0.15, 0.2) is 0 Å². The number of hydrogen-bond donors (Lipinski definition) is 1. The highest BCUT2D eigenvalue weighted by Gasteiger charge is 2.08. The molecule has 0 radical (unpaired) electrons. The Morgan fingerprint density at radius 3 is 2.61 bits per heavy atom. The van der Waals surface area contributed by atoms with Crippen LogP contribution >= 0.6 is 11.6 Å². The molecule has 0 aliphatic carbocycles. The summed E-state index contributed by atoms with van der Waals surface area (Å²) >= 11 is 5.75. The van der Waals surface area contributed by atoms with Gasteiger partial charge in [-0.1, -0.05) is 0 Å². The summed E-state index contributed by atoms with van der Waals surface area (Å²) < 4.78 is 0. The first kappa shape index (κ1) is 14.7. The number of aromatic nitrogens is 2. The lowest BCUT2D eigenvalue weighted by Crippen LogP contribution is -2.31. The highest BCUT2D eigenvalue weighted by Crippen LogP contribution is 2.09. The number of anilines is 1. The highest BCUT2D eigenvalue weighted by atomic mass is 35.5. The topological polar surface area (TPSA) is 58.1 Å². The van der Waals surface area contributed by atoms with Crippen LogP contribution in [0.3, 0.4) is 0 Å². The number of carbonyl (C=O) groups is 1. The molecule has 0 saturated carbocycles. The fourth-order valence-corrected chi connectivity index (χ4v) is 1.88. The molecule has 1 rings (SSSR count). The lowest BCUT2D eigenvalue weighted by molar-refractivity contribution is -0.130. The molecule has 0 unspecified atom stereocenters. The summed E-state index contributed by atoms with van der Waals surface area (Å²) in [6.07, 6.45) is 0.447. The summed E-state index contributed by atoms with van der Waals surface area (Å²) in [5, 5.41) is 3.29. The third-order valence-electron chi connectivity index (χ3n) is 2.59. The maximum atomic E-state index is 11.8. The lowest BCUT2D eigenvalue weighted by atomic mass is 10.3. The van der Waals surface area contributed by atoms with Gasteiger partial charge in [0.2, 0.25) is 11.2 Å². The molecule has 100 valence electrons. The predicted molar refractivity (Wildman–Crippen MR) is 72.8 cm³/mol. The van der Waals surface area contributed by atoms with Crippen LogP contribution in [0.2, 0.25) is 5.28 Å². The van der Waals surface area contributed by atoms with Crippen LogP contribution in [-0.4, -0.2) is 40.4 Å². The number of hydrogen-bond acceptors (Lipinski definition) is 4. The fraction of sp³-hybridized carbons (Fsp3) is 0.583. The Labute approximate surface area is 113 Å². The number of halogens is 1. The SMILES string of the molecule is CCN(CC)C(=O)CCNc1cc(C)nc(Cl)n1. The van der Waals surface area contributed by atoms with Crippen LogP contribution in [0, 0.1) is 6.92 Å². The van der Waals surface area contributed by atoms with Crippen LogP contribution in [-0.2, 0) is 4.79 Å². The van der Waals surface area contributed by atoms with Gasteiger partial charge in [-0.3, -0.25) is 4.79 Å². The van der Waals surface area contributed by atoms with Crippen molar-refractivity contribution in [2.75, 3.05) is 25.0 Å². The first-order valence-electron chi connectivity index (χ1n) is 6.09. The van der Waals surface area contributed by atoms with Crippen molar-refractivity contribution in [2.24, 2.45) is 0 Å². The van der Waals surface area contributed by atoms with E-state index in [0.717, 1.165) is 18.8 Å². The van der Waals surface area contributed by atoms with Gasteiger partial charge < -0.3 is 10.2 Å². The maximum absolute atomic E-state index is 11.8. The van der Waals surface area contributed by atoms with E-state index in [9.17, 15) is 4.79 Å². The normalized spacial score (nSPS) is 10.2. The molecule has 0 atom stereocenters. The van der Waals surface area contributed by atoms with E-state index in [2.05, 4.69) is 15.3 Å². The summed E-state index contributed by atoms with van der Waals surface area (Å²) in [4.78, 5) is 21.6. The maximum Gasteiger partial charge on any atom is 0.224 e. The predicted octanol–water partition coefficient (Wildman–Crippen LogP) is 2.11. The van der Waals surface area contributed by atoms with E-state index in [1.807, 2.05) is 20.8 Å². The van der Waals surface area contributed by atoms with E-state index >= 15 is 0 Å². The summed E-state index contributed by atoms with van der Waals surface area (Å²) in [6, 6.07) is 1.80. The number of rotatable bonds is 6. The van der Waals surface area contributed by atoms with Crippen LogP contribution in [0.1, 0.15) is 26.0 Å². The van der Waals surface area contributed by atoms with Gasteiger partial charge in [-0.25, -0.2) is 9.97 Å². The largest absolute Gasteiger partial charge is 0.369 e. The quantitative estimate of drug-likeness (QED) is 0.805.